The zero-order chi connectivity index (χ0) is 14.6. The maximum absolute atomic E-state index is 12.2. The summed E-state index contributed by atoms with van der Waals surface area (Å²) in [4.78, 5) is 20.4. The van der Waals surface area contributed by atoms with Gasteiger partial charge >= 0.3 is 5.51 Å². The predicted octanol–water partition coefficient (Wildman–Crippen LogP) is 3.56. The number of nitro groups is 1. The van der Waals surface area contributed by atoms with Gasteiger partial charge in [-0.2, -0.15) is 13.2 Å². The van der Waals surface area contributed by atoms with E-state index in [2.05, 4.69) is 0 Å². The van der Waals surface area contributed by atoms with Gasteiger partial charge in [0.2, 0.25) is 0 Å². The molecule has 0 fully saturated rings. The number of benzene rings is 1. The van der Waals surface area contributed by atoms with Crippen molar-refractivity contribution in [3.63, 3.8) is 0 Å². The van der Waals surface area contributed by atoms with Crippen molar-refractivity contribution in [1.29, 1.82) is 0 Å². The molecule has 19 heavy (non-hydrogen) atoms. The molecule has 0 atom stereocenters. The number of carbonyl (C=O) groups is 1. The average Bonchev–Trinajstić information content (AvgIpc) is 2.28. The van der Waals surface area contributed by atoms with Gasteiger partial charge in [0.05, 0.1) is 15.7 Å². The summed E-state index contributed by atoms with van der Waals surface area (Å²) in [5, 5.41) is 10.7. The van der Waals surface area contributed by atoms with Gasteiger partial charge in [-0.25, -0.2) is 0 Å². The van der Waals surface area contributed by atoms with E-state index in [9.17, 15) is 28.1 Å². The second-order valence-corrected chi connectivity index (χ2v) is 4.83. The third-order valence-electron chi connectivity index (χ3n) is 2.00. The molecule has 0 aromatic heterocycles. The molecule has 0 spiro atoms. The van der Waals surface area contributed by atoms with Crippen LogP contribution in [0.2, 0.25) is 0 Å². The van der Waals surface area contributed by atoms with Gasteiger partial charge in [-0.05, 0) is 23.4 Å². The van der Waals surface area contributed by atoms with Gasteiger partial charge < -0.3 is 0 Å². The Morgan fingerprint density at radius 2 is 2.05 bits per heavy atom. The first-order valence-corrected chi connectivity index (χ1v) is 6.19. The lowest BCUT2D eigenvalue weighted by molar-refractivity contribution is -0.387. The monoisotopic (exact) mass is 313 g/mol. The number of thioether (sulfide) groups is 1. The standard InChI is InChI=1S/C10H7ClF3NO3S/c11-5-7(16)3-6-1-2-9(19-10(12,13)14)8(4-6)15(17)18/h1-2,4H,3,5H2. The first kappa shape index (κ1) is 15.8. The lowest BCUT2D eigenvalue weighted by Crippen LogP contribution is -2.05. The van der Waals surface area contributed by atoms with Crippen molar-refractivity contribution >= 4 is 34.8 Å². The molecule has 0 bridgehead atoms. The fraction of sp³-hybridized carbons (Fsp3) is 0.300. The number of hydrogen-bond acceptors (Lipinski definition) is 4. The number of hydrogen-bond donors (Lipinski definition) is 0. The van der Waals surface area contributed by atoms with Crippen molar-refractivity contribution in [2.45, 2.75) is 16.8 Å². The Morgan fingerprint density at radius 1 is 1.42 bits per heavy atom. The molecule has 1 aromatic rings. The fourth-order valence-electron chi connectivity index (χ4n) is 1.30. The van der Waals surface area contributed by atoms with E-state index < -0.39 is 32.8 Å². The minimum absolute atomic E-state index is 0.151. The quantitative estimate of drug-likeness (QED) is 0.361. The maximum Gasteiger partial charge on any atom is 0.446 e. The predicted molar refractivity (Wildman–Crippen MR) is 64.4 cm³/mol. The topological polar surface area (TPSA) is 60.2 Å². The van der Waals surface area contributed by atoms with Crippen molar-refractivity contribution in [2.75, 3.05) is 5.88 Å². The van der Waals surface area contributed by atoms with Crippen LogP contribution in [0.1, 0.15) is 5.56 Å². The Bertz CT molecular complexity index is 507. The van der Waals surface area contributed by atoms with Gasteiger partial charge in [-0.3, -0.25) is 14.9 Å². The van der Waals surface area contributed by atoms with E-state index in [1.165, 1.54) is 6.07 Å². The molecule has 0 aliphatic carbocycles. The summed E-state index contributed by atoms with van der Waals surface area (Å²) in [7, 11) is 0. The van der Waals surface area contributed by atoms with Crippen molar-refractivity contribution in [1.82, 2.24) is 0 Å². The van der Waals surface area contributed by atoms with Crippen LogP contribution in [0.5, 0.6) is 0 Å². The third-order valence-corrected chi connectivity index (χ3v) is 3.09. The van der Waals surface area contributed by atoms with E-state index in [0.717, 1.165) is 12.1 Å². The van der Waals surface area contributed by atoms with Crippen molar-refractivity contribution in [3.8, 4) is 0 Å². The van der Waals surface area contributed by atoms with Crippen LogP contribution in [0.15, 0.2) is 23.1 Å². The molecule has 0 aliphatic heterocycles. The van der Waals surface area contributed by atoms with Crippen LogP contribution < -0.4 is 0 Å². The number of nitrogens with zero attached hydrogens (tertiary/aromatic N) is 1. The molecule has 0 saturated carbocycles. The van der Waals surface area contributed by atoms with Crippen LogP contribution in [-0.2, 0) is 11.2 Å². The number of nitro benzene ring substituents is 1. The number of halogens is 4. The third kappa shape index (κ3) is 5.07. The molecule has 0 saturated heterocycles. The second kappa shape index (κ2) is 6.25. The van der Waals surface area contributed by atoms with Crippen LogP contribution >= 0.6 is 23.4 Å². The molecular weight excluding hydrogens is 307 g/mol. The van der Waals surface area contributed by atoms with E-state index in [1.54, 1.807) is 0 Å². The Morgan fingerprint density at radius 3 is 2.53 bits per heavy atom. The zero-order valence-corrected chi connectivity index (χ0v) is 10.8. The minimum atomic E-state index is -4.61. The minimum Gasteiger partial charge on any atom is -0.298 e. The van der Waals surface area contributed by atoms with Gasteiger partial charge in [0.1, 0.15) is 0 Å². The molecule has 4 nitrogen and oxygen atoms in total. The van der Waals surface area contributed by atoms with Crippen LogP contribution in [0.4, 0.5) is 18.9 Å². The first-order chi connectivity index (χ1) is 8.73. The average molecular weight is 314 g/mol. The SMILES string of the molecule is O=C(CCl)Cc1ccc(SC(F)(F)F)c([N+](=O)[O-])c1. The van der Waals surface area contributed by atoms with Crippen LogP contribution in [0, 0.1) is 10.1 Å². The summed E-state index contributed by atoms with van der Waals surface area (Å²) in [5.41, 5.74) is -5.04. The normalized spacial score (nSPS) is 11.4. The summed E-state index contributed by atoms with van der Waals surface area (Å²) in [6.07, 6.45) is -0.151. The largest absolute Gasteiger partial charge is 0.446 e. The summed E-state index contributed by atoms with van der Waals surface area (Å²) in [5.74, 6) is -0.625. The van der Waals surface area contributed by atoms with E-state index in [4.69, 9.17) is 11.6 Å². The molecule has 1 aromatic carbocycles. The number of rotatable bonds is 5. The van der Waals surface area contributed by atoms with Crippen molar-refractivity contribution < 1.29 is 22.9 Å². The highest BCUT2D eigenvalue weighted by atomic mass is 35.5. The summed E-state index contributed by atoms with van der Waals surface area (Å²) in [6, 6.07) is 3.18. The Hall–Kier alpha value is -1.28. The molecule has 0 amide bonds. The molecule has 0 N–H and O–H groups in total. The fourth-order valence-corrected chi connectivity index (χ4v) is 2.02. The van der Waals surface area contributed by atoms with E-state index >= 15 is 0 Å². The smallest absolute Gasteiger partial charge is 0.298 e. The summed E-state index contributed by atoms with van der Waals surface area (Å²) in [6.45, 7) is 0. The number of ketones is 1. The summed E-state index contributed by atoms with van der Waals surface area (Å²) < 4.78 is 36.7. The number of Topliss-reactive ketones (excluding diaryl/α,β-unsaturated/α-hetero) is 1. The van der Waals surface area contributed by atoms with Gasteiger partial charge in [-0.15, -0.1) is 11.6 Å². The molecule has 1 rings (SSSR count). The molecule has 0 aliphatic rings. The highest BCUT2D eigenvalue weighted by Crippen LogP contribution is 2.41. The lowest BCUT2D eigenvalue weighted by Gasteiger charge is -2.07. The van der Waals surface area contributed by atoms with E-state index in [-0.39, 0.29) is 23.6 Å². The van der Waals surface area contributed by atoms with E-state index in [1.807, 2.05) is 0 Å². The zero-order valence-electron chi connectivity index (χ0n) is 9.24. The number of alkyl halides is 4. The van der Waals surface area contributed by atoms with Gasteiger partial charge in [0.15, 0.2) is 5.78 Å². The Balaban J connectivity index is 3.08. The molecule has 9 heteroatoms. The van der Waals surface area contributed by atoms with Gasteiger partial charge in [0.25, 0.3) is 5.69 Å². The Kier molecular flexibility index (Phi) is 5.19. The second-order valence-electron chi connectivity index (χ2n) is 3.46. The molecule has 0 radical (unpaired) electrons. The summed E-state index contributed by atoms with van der Waals surface area (Å²) >= 11 is 4.72. The van der Waals surface area contributed by atoms with Crippen LogP contribution in [0.25, 0.3) is 0 Å². The molecular formula is C10H7ClF3NO3S. The molecule has 104 valence electrons. The van der Waals surface area contributed by atoms with Gasteiger partial charge in [0, 0.05) is 12.5 Å². The molecule has 0 unspecified atom stereocenters. The van der Waals surface area contributed by atoms with E-state index in [0.29, 0.717) is 0 Å². The number of carbonyl (C=O) groups excluding carboxylic acids is 1. The van der Waals surface area contributed by atoms with Crippen molar-refractivity contribution in [2.24, 2.45) is 0 Å². The Labute approximate surface area is 115 Å². The highest BCUT2D eigenvalue weighted by Gasteiger charge is 2.33. The van der Waals surface area contributed by atoms with Gasteiger partial charge in [-0.1, -0.05) is 6.07 Å². The maximum atomic E-state index is 12.2. The highest BCUT2D eigenvalue weighted by molar-refractivity contribution is 8.00. The van der Waals surface area contributed by atoms with Crippen LogP contribution in [-0.4, -0.2) is 22.1 Å². The first-order valence-electron chi connectivity index (χ1n) is 4.83. The van der Waals surface area contributed by atoms with Crippen LogP contribution in [0.3, 0.4) is 0 Å². The van der Waals surface area contributed by atoms with Crippen molar-refractivity contribution in [3.05, 3.63) is 33.9 Å². The lowest BCUT2D eigenvalue weighted by atomic mass is 10.1. The molecule has 0 heterocycles.